The van der Waals surface area contributed by atoms with Gasteiger partial charge in [-0.1, -0.05) is 0 Å². The minimum Gasteiger partial charge on any atom is -0.374 e. The van der Waals surface area contributed by atoms with Crippen LogP contribution in [0.4, 0.5) is 8.78 Å². The summed E-state index contributed by atoms with van der Waals surface area (Å²) in [5.41, 5.74) is -0.122. The van der Waals surface area contributed by atoms with E-state index in [4.69, 9.17) is 0 Å². The maximum Gasteiger partial charge on any atom is 0.261 e. The van der Waals surface area contributed by atoms with E-state index in [1.165, 1.54) is 0 Å². The zero-order valence-corrected chi connectivity index (χ0v) is 9.98. The van der Waals surface area contributed by atoms with Crippen molar-refractivity contribution in [2.75, 3.05) is 26.3 Å². The quantitative estimate of drug-likeness (QED) is 0.644. The third kappa shape index (κ3) is 11.3. The Morgan fingerprint density at radius 3 is 2.50 bits per heavy atom. The van der Waals surface area contributed by atoms with Crippen LogP contribution in [-0.2, 0) is 9.53 Å². The molecular weight excluding hydrogens is 218 g/mol. The summed E-state index contributed by atoms with van der Waals surface area (Å²) in [7, 11) is 0. The maximum absolute atomic E-state index is 11.7. The fraction of sp³-hybridized carbons (Fsp3) is 0.900. The van der Waals surface area contributed by atoms with Crippen molar-refractivity contribution in [3.8, 4) is 0 Å². The molecule has 96 valence electrons. The first-order valence-electron chi connectivity index (χ1n) is 5.19. The number of amides is 1. The Kier molecular flexibility index (Phi) is 7.16. The van der Waals surface area contributed by atoms with Crippen LogP contribution in [0.15, 0.2) is 0 Å². The summed E-state index contributed by atoms with van der Waals surface area (Å²) in [5.74, 6) is -0.171. The van der Waals surface area contributed by atoms with Crippen LogP contribution in [-0.4, -0.2) is 44.2 Å². The van der Waals surface area contributed by atoms with Crippen LogP contribution in [0, 0.1) is 0 Å². The van der Waals surface area contributed by atoms with Crippen molar-refractivity contribution in [3.05, 3.63) is 0 Å². The van der Waals surface area contributed by atoms with Gasteiger partial charge < -0.3 is 15.4 Å². The molecule has 6 heteroatoms. The van der Waals surface area contributed by atoms with Crippen LogP contribution in [0.2, 0.25) is 0 Å². The smallest absolute Gasteiger partial charge is 0.261 e. The van der Waals surface area contributed by atoms with E-state index in [1.807, 2.05) is 20.8 Å². The molecule has 0 aromatic carbocycles. The van der Waals surface area contributed by atoms with Crippen molar-refractivity contribution in [1.82, 2.24) is 10.6 Å². The standard InChI is InChI=1S/C10H20F2N2O2/c1-10(2,3)14-6-9(15)13-4-5-16-7-8(11)12/h8,14H,4-7H2,1-3H3,(H,13,15). The second kappa shape index (κ2) is 7.51. The molecular formula is C10H20F2N2O2. The minimum atomic E-state index is -2.46. The van der Waals surface area contributed by atoms with Gasteiger partial charge in [-0.25, -0.2) is 8.78 Å². The maximum atomic E-state index is 11.7. The number of hydrogen-bond acceptors (Lipinski definition) is 3. The molecule has 16 heavy (non-hydrogen) atoms. The van der Waals surface area contributed by atoms with Crippen LogP contribution in [0.3, 0.4) is 0 Å². The van der Waals surface area contributed by atoms with Gasteiger partial charge in [0.1, 0.15) is 6.61 Å². The normalized spacial score (nSPS) is 11.9. The van der Waals surface area contributed by atoms with Crippen molar-refractivity contribution >= 4 is 5.91 Å². The Morgan fingerprint density at radius 2 is 2.00 bits per heavy atom. The van der Waals surface area contributed by atoms with Crippen molar-refractivity contribution in [3.63, 3.8) is 0 Å². The molecule has 0 bridgehead atoms. The molecule has 0 aliphatic rings. The zero-order valence-electron chi connectivity index (χ0n) is 9.98. The average Bonchev–Trinajstić information content (AvgIpc) is 2.12. The van der Waals surface area contributed by atoms with Gasteiger partial charge in [0.15, 0.2) is 0 Å². The third-order valence-corrected chi connectivity index (χ3v) is 1.59. The summed E-state index contributed by atoms with van der Waals surface area (Å²) in [6, 6.07) is 0. The predicted molar refractivity (Wildman–Crippen MR) is 57.6 cm³/mol. The van der Waals surface area contributed by atoms with Crippen molar-refractivity contribution < 1.29 is 18.3 Å². The molecule has 0 aliphatic heterocycles. The highest BCUT2D eigenvalue weighted by atomic mass is 19.3. The van der Waals surface area contributed by atoms with E-state index in [0.29, 0.717) is 0 Å². The molecule has 0 atom stereocenters. The second-order valence-electron chi connectivity index (χ2n) is 4.42. The number of alkyl halides is 2. The van der Waals surface area contributed by atoms with E-state index >= 15 is 0 Å². The fourth-order valence-corrected chi connectivity index (χ4v) is 0.843. The van der Waals surface area contributed by atoms with Gasteiger partial charge in [-0.3, -0.25) is 4.79 Å². The number of carbonyl (C=O) groups is 1. The largest absolute Gasteiger partial charge is 0.374 e. The number of ether oxygens (including phenoxy) is 1. The highest BCUT2D eigenvalue weighted by molar-refractivity contribution is 5.78. The average molecular weight is 238 g/mol. The summed E-state index contributed by atoms with van der Waals surface area (Å²) in [6.45, 7) is 5.82. The molecule has 0 radical (unpaired) electrons. The monoisotopic (exact) mass is 238 g/mol. The van der Waals surface area contributed by atoms with Crippen molar-refractivity contribution in [1.29, 1.82) is 0 Å². The first-order valence-corrected chi connectivity index (χ1v) is 5.19. The lowest BCUT2D eigenvalue weighted by molar-refractivity contribution is -0.120. The van der Waals surface area contributed by atoms with E-state index < -0.39 is 13.0 Å². The molecule has 0 unspecified atom stereocenters. The van der Waals surface area contributed by atoms with Gasteiger partial charge in [0.05, 0.1) is 13.2 Å². The van der Waals surface area contributed by atoms with Gasteiger partial charge in [0.2, 0.25) is 5.91 Å². The van der Waals surface area contributed by atoms with Crippen LogP contribution >= 0.6 is 0 Å². The van der Waals surface area contributed by atoms with Crippen molar-refractivity contribution in [2.45, 2.75) is 32.7 Å². The summed E-state index contributed by atoms with van der Waals surface area (Å²) in [5, 5.41) is 5.57. The molecule has 0 saturated heterocycles. The summed E-state index contributed by atoms with van der Waals surface area (Å²) in [6.07, 6.45) is -2.46. The molecule has 0 saturated carbocycles. The van der Waals surface area contributed by atoms with E-state index in [0.717, 1.165) is 0 Å². The predicted octanol–water partition coefficient (Wildman–Crippen LogP) is 0.772. The fourth-order valence-electron chi connectivity index (χ4n) is 0.843. The molecule has 0 spiro atoms. The number of rotatable bonds is 7. The SMILES string of the molecule is CC(C)(C)NCC(=O)NCCOCC(F)F. The number of carbonyl (C=O) groups excluding carboxylic acids is 1. The van der Waals surface area contributed by atoms with Gasteiger partial charge in [0, 0.05) is 12.1 Å². The van der Waals surface area contributed by atoms with Gasteiger partial charge in [-0.15, -0.1) is 0 Å². The first kappa shape index (κ1) is 15.2. The van der Waals surface area contributed by atoms with Gasteiger partial charge in [-0.2, -0.15) is 0 Å². The van der Waals surface area contributed by atoms with E-state index in [2.05, 4.69) is 15.4 Å². The van der Waals surface area contributed by atoms with Gasteiger partial charge in [0.25, 0.3) is 6.43 Å². The minimum absolute atomic E-state index is 0.103. The van der Waals surface area contributed by atoms with Gasteiger partial charge >= 0.3 is 0 Å². The zero-order chi connectivity index (χ0) is 12.6. The molecule has 0 fully saturated rings. The first-order chi connectivity index (χ1) is 7.31. The molecule has 0 aliphatic carbocycles. The van der Waals surface area contributed by atoms with Gasteiger partial charge in [-0.05, 0) is 20.8 Å². The molecule has 0 aromatic heterocycles. The Balaban J connectivity index is 3.38. The van der Waals surface area contributed by atoms with E-state index in [9.17, 15) is 13.6 Å². The van der Waals surface area contributed by atoms with Crippen LogP contribution in [0.25, 0.3) is 0 Å². The lowest BCUT2D eigenvalue weighted by Gasteiger charge is -2.19. The lowest BCUT2D eigenvalue weighted by atomic mass is 10.1. The molecule has 2 N–H and O–H groups in total. The summed E-state index contributed by atoms with van der Waals surface area (Å²) < 4.78 is 27.9. The topological polar surface area (TPSA) is 50.4 Å². The summed E-state index contributed by atoms with van der Waals surface area (Å²) in [4.78, 5) is 11.2. The number of halogens is 2. The Hall–Kier alpha value is -0.750. The second-order valence-corrected chi connectivity index (χ2v) is 4.42. The van der Waals surface area contributed by atoms with E-state index in [1.54, 1.807) is 0 Å². The number of hydrogen-bond donors (Lipinski definition) is 2. The number of nitrogens with one attached hydrogen (secondary N) is 2. The molecule has 0 aromatic rings. The van der Waals surface area contributed by atoms with E-state index in [-0.39, 0.29) is 31.1 Å². The van der Waals surface area contributed by atoms with Crippen molar-refractivity contribution in [2.24, 2.45) is 0 Å². The Morgan fingerprint density at radius 1 is 1.38 bits per heavy atom. The molecule has 0 rings (SSSR count). The van der Waals surface area contributed by atoms with Crippen LogP contribution in [0.1, 0.15) is 20.8 Å². The molecule has 0 heterocycles. The van der Waals surface area contributed by atoms with Crippen LogP contribution < -0.4 is 10.6 Å². The summed E-state index contributed by atoms with van der Waals surface area (Å²) >= 11 is 0. The third-order valence-electron chi connectivity index (χ3n) is 1.59. The highest BCUT2D eigenvalue weighted by Crippen LogP contribution is 1.96. The highest BCUT2D eigenvalue weighted by Gasteiger charge is 2.10. The molecule has 1 amide bonds. The Labute approximate surface area is 94.7 Å². The van der Waals surface area contributed by atoms with Crippen LogP contribution in [0.5, 0.6) is 0 Å². The lowest BCUT2D eigenvalue weighted by Crippen LogP contribution is -2.43. The Bertz CT molecular complexity index is 205. The molecule has 4 nitrogen and oxygen atoms in total.